The van der Waals surface area contributed by atoms with Crippen molar-refractivity contribution < 1.29 is 19.1 Å². The third-order valence-electron chi connectivity index (χ3n) is 3.33. The lowest BCUT2D eigenvalue weighted by Gasteiger charge is -2.20. The lowest BCUT2D eigenvalue weighted by Crippen LogP contribution is -2.51. The molecule has 0 radical (unpaired) electrons. The predicted octanol–water partition coefficient (Wildman–Crippen LogP) is -0.324. The van der Waals surface area contributed by atoms with Crippen molar-refractivity contribution in [3.8, 4) is 0 Å². The van der Waals surface area contributed by atoms with Gasteiger partial charge in [0, 0.05) is 5.75 Å². The van der Waals surface area contributed by atoms with E-state index in [2.05, 4.69) is 15.4 Å². The Labute approximate surface area is 116 Å². The van der Waals surface area contributed by atoms with Gasteiger partial charge >= 0.3 is 5.97 Å². The number of methoxy groups -OCH3 is 1. The first-order chi connectivity index (χ1) is 9.11. The summed E-state index contributed by atoms with van der Waals surface area (Å²) in [5, 5.41) is 5.79. The third-order valence-corrected chi connectivity index (χ3v) is 4.34. The van der Waals surface area contributed by atoms with Crippen LogP contribution >= 0.6 is 11.8 Å². The highest BCUT2D eigenvalue weighted by Crippen LogP contribution is 2.34. The summed E-state index contributed by atoms with van der Waals surface area (Å²) >= 11 is 1.31. The molecular weight excluding hydrogens is 268 g/mol. The minimum absolute atomic E-state index is 0.103. The molecule has 19 heavy (non-hydrogen) atoms. The van der Waals surface area contributed by atoms with Crippen molar-refractivity contribution in [3.63, 3.8) is 0 Å². The van der Waals surface area contributed by atoms with Gasteiger partial charge in [0.2, 0.25) is 11.0 Å². The normalized spacial score (nSPS) is 24.1. The molecule has 2 N–H and O–H groups in total. The van der Waals surface area contributed by atoms with Crippen LogP contribution in [0.2, 0.25) is 0 Å². The van der Waals surface area contributed by atoms with E-state index in [9.17, 15) is 14.4 Å². The molecule has 7 heteroatoms. The molecule has 0 aromatic rings. The summed E-state index contributed by atoms with van der Waals surface area (Å²) < 4.78 is 4.48. The summed E-state index contributed by atoms with van der Waals surface area (Å²) in [4.78, 5) is 34.6. The molecule has 0 aromatic heterocycles. The van der Waals surface area contributed by atoms with Crippen LogP contribution in [-0.4, -0.2) is 48.5 Å². The Morgan fingerprint density at radius 1 is 1.42 bits per heavy atom. The second kappa shape index (κ2) is 6.38. The summed E-state index contributed by atoms with van der Waals surface area (Å²) in [5.74, 6) is 0.376. The van der Waals surface area contributed by atoms with Crippen molar-refractivity contribution in [2.75, 3.05) is 19.4 Å². The largest absolute Gasteiger partial charge is 0.468 e. The lowest BCUT2D eigenvalue weighted by molar-refractivity contribution is -0.141. The summed E-state index contributed by atoms with van der Waals surface area (Å²) in [5.41, 5.74) is 0. The minimum Gasteiger partial charge on any atom is -0.468 e. The quantitative estimate of drug-likeness (QED) is 0.651. The van der Waals surface area contributed by atoms with Gasteiger partial charge in [-0.15, -0.1) is 0 Å². The summed E-state index contributed by atoms with van der Waals surface area (Å²) in [7, 11) is 1.28. The number of esters is 1. The van der Waals surface area contributed by atoms with E-state index < -0.39 is 5.97 Å². The van der Waals surface area contributed by atoms with Crippen LogP contribution in [0.15, 0.2) is 0 Å². The maximum Gasteiger partial charge on any atom is 0.325 e. The number of carbonyl (C=O) groups excluding carboxylic acids is 3. The van der Waals surface area contributed by atoms with E-state index in [-0.39, 0.29) is 35.6 Å². The van der Waals surface area contributed by atoms with Crippen LogP contribution in [0.5, 0.6) is 0 Å². The van der Waals surface area contributed by atoms with Gasteiger partial charge in [0.1, 0.15) is 6.54 Å². The number of amides is 1. The molecule has 106 valence electrons. The van der Waals surface area contributed by atoms with E-state index in [1.807, 2.05) is 0 Å². The summed E-state index contributed by atoms with van der Waals surface area (Å²) in [6.45, 7) is -0.131. The monoisotopic (exact) mass is 286 g/mol. The van der Waals surface area contributed by atoms with Crippen molar-refractivity contribution in [1.29, 1.82) is 0 Å². The van der Waals surface area contributed by atoms with Crippen molar-refractivity contribution in [2.24, 2.45) is 5.92 Å². The Morgan fingerprint density at radius 2 is 2.16 bits per heavy atom. The molecule has 0 bridgehead atoms. The van der Waals surface area contributed by atoms with Gasteiger partial charge in [-0.05, 0) is 25.2 Å². The van der Waals surface area contributed by atoms with Crippen molar-refractivity contribution in [3.05, 3.63) is 0 Å². The number of hydrogen-bond acceptors (Lipinski definition) is 6. The van der Waals surface area contributed by atoms with Crippen LogP contribution < -0.4 is 10.6 Å². The first-order valence-corrected chi connectivity index (χ1v) is 7.37. The Balaban J connectivity index is 1.86. The van der Waals surface area contributed by atoms with Crippen molar-refractivity contribution >= 4 is 28.8 Å². The molecule has 1 aliphatic heterocycles. The maximum atomic E-state index is 12.0. The third kappa shape index (κ3) is 3.94. The van der Waals surface area contributed by atoms with Gasteiger partial charge in [0.05, 0.1) is 19.2 Å². The Hall–Kier alpha value is -1.08. The molecule has 1 amide bonds. The van der Waals surface area contributed by atoms with Gasteiger partial charge < -0.3 is 10.1 Å². The molecule has 2 rings (SSSR count). The SMILES string of the molecule is COC(=O)CNC(=O)C(NC1CCSC1=O)C1CC1. The molecular formula is C12H18N2O4S. The maximum absolute atomic E-state index is 12.0. The van der Waals surface area contributed by atoms with Crippen LogP contribution in [0.4, 0.5) is 0 Å². The molecule has 1 heterocycles. The predicted molar refractivity (Wildman–Crippen MR) is 70.5 cm³/mol. The number of thioether (sulfide) groups is 1. The average molecular weight is 286 g/mol. The smallest absolute Gasteiger partial charge is 0.325 e. The molecule has 1 saturated heterocycles. The van der Waals surface area contributed by atoms with Gasteiger partial charge in [-0.25, -0.2) is 0 Å². The van der Waals surface area contributed by atoms with Crippen LogP contribution in [-0.2, 0) is 19.1 Å². The van der Waals surface area contributed by atoms with Crippen LogP contribution in [0, 0.1) is 5.92 Å². The lowest BCUT2D eigenvalue weighted by atomic mass is 10.1. The topological polar surface area (TPSA) is 84.5 Å². The molecule has 2 unspecified atom stereocenters. The summed E-state index contributed by atoms with van der Waals surface area (Å²) in [6.07, 6.45) is 2.73. The van der Waals surface area contributed by atoms with E-state index in [1.54, 1.807) is 0 Å². The van der Waals surface area contributed by atoms with E-state index in [1.165, 1.54) is 18.9 Å². The van der Waals surface area contributed by atoms with Gasteiger partial charge in [0.25, 0.3) is 0 Å². The first-order valence-electron chi connectivity index (χ1n) is 6.39. The molecule has 0 aromatic carbocycles. The molecule has 0 spiro atoms. The zero-order valence-corrected chi connectivity index (χ0v) is 11.6. The fourth-order valence-electron chi connectivity index (χ4n) is 2.06. The molecule has 1 aliphatic carbocycles. The number of carbonyl (C=O) groups is 3. The zero-order chi connectivity index (χ0) is 13.8. The van der Waals surface area contributed by atoms with Crippen LogP contribution in [0.1, 0.15) is 19.3 Å². The van der Waals surface area contributed by atoms with Gasteiger partial charge in [-0.2, -0.15) is 0 Å². The standard InChI is InChI=1S/C12H18N2O4S/c1-18-9(15)6-13-11(16)10(7-2-3-7)14-8-4-5-19-12(8)17/h7-8,10,14H,2-6H2,1H3,(H,13,16). The number of nitrogens with one attached hydrogen (secondary N) is 2. The van der Waals surface area contributed by atoms with Crippen molar-refractivity contribution in [2.45, 2.75) is 31.3 Å². The fraction of sp³-hybridized carbons (Fsp3) is 0.750. The first kappa shape index (κ1) is 14.3. The minimum atomic E-state index is -0.476. The Kier molecular flexibility index (Phi) is 4.81. The molecule has 2 atom stereocenters. The second-order valence-electron chi connectivity index (χ2n) is 4.78. The highest BCUT2D eigenvalue weighted by Gasteiger charge is 2.39. The fourth-order valence-corrected chi connectivity index (χ4v) is 3.00. The molecule has 2 aliphatic rings. The van der Waals surface area contributed by atoms with E-state index in [4.69, 9.17) is 0 Å². The molecule has 2 fully saturated rings. The number of hydrogen-bond donors (Lipinski definition) is 2. The van der Waals surface area contributed by atoms with E-state index in [0.29, 0.717) is 0 Å². The van der Waals surface area contributed by atoms with Gasteiger partial charge in [0.15, 0.2) is 0 Å². The second-order valence-corrected chi connectivity index (χ2v) is 5.88. The average Bonchev–Trinajstić information content (AvgIpc) is 3.17. The Bertz CT molecular complexity index is 384. The van der Waals surface area contributed by atoms with E-state index >= 15 is 0 Å². The van der Waals surface area contributed by atoms with Crippen molar-refractivity contribution in [1.82, 2.24) is 10.6 Å². The zero-order valence-electron chi connectivity index (χ0n) is 10.8. The Morgan fingerprint density at radius 3 is 2.68 bits per heavy atom. The number of ether oxygens (including phenoxy) is 1. The van der Waals surface area contributed by atoms with Crippen LogP contribution in [0.25, 0.3) is 0 Å². The van der Waals surface area contributed by atoms with Crippen LogP contribution in [0.3, 0.4) is 0 Å². The van der Waals surface area contributed by atoms with Gasteiger partial charge in [-0.3, -0.25) is 19.7 Å². The summed E-state index contributed by atoms with van der Waals surface area (Å²) in [6, 6.07) is -0.614. The molecule has 6 nitrogen and oxygen atoms in total. The van der Waals surface area contributed by atoms with Gasteiger partial charge in [-0.1, -0.05) is 11.8 Å². The molecule has 1 saturated carbocycles. The highest BCUT2D eigenvalue weighted by atomic mass is 32.2. The van der Waals surface area contributed by atoms with E-state index in [0.717, 1.165) is 25.0 Å². The number of rotatable bonds is 6. The highest BCUT2D eigenvalue weighted by molar-refractivity contribution is 8.14.